The van der Waals surface area contributed by atoms with Gasteiger partial charge in [-0.15, -0.1) is 0 Å². The number of hydroxylamine groups is 2. The zero-order valence-electron chi connectivity index (χ0n) is 9.98. The second kappa shape index (κ2) is 7.29. The van der Waals surface area contributed by atoms with Gasteiger partial charge in [-0.2, -0.15) is 0 Å². The standard InChI is InChI=1S/C12H16BrNO3/c1-14(16-2)12(15)4-3-9-17-11-7-5-10(13)6-8-11/h5-8H,3-4,9H2,1-2H3. The van der Waals surface area contributed by atoms with Gasteiger partial charge < -0.3 is 4.74 Å². The van der Waals surface area contributed by atoms with E-state index in [2.05, 4.69) is 15.9 Å². The van der Waals surface area contributed by atoms with E-state index < -0.39 is 0 Å². The van der Waals surface area contributed by atoms with Gasteiger partial charge >= 0.3 is 0 Å². The van der Waals surface area contributed by atoms with Crippen molar-refractivity contribution in [3.05, 3.63) is 28.7 Å². The molecule has 0 fully saturated rings. The fourth-order valence-corrected chi connectivity index (χ4v) is 1.47. The Bertz CT molecular complexity index is 353. The first-order chi connectivity index (χ1) is 8.13. The van der Waals surface area contributed by atoms with Crippen molar-refractivity contribution in [1.29, 1.82) is 0 Å². The quantitative estimate of drug-likeness (QED) is 0.599. The van der Waals surface area contributed by atoms with Crippen molar-refractivity contribution in [1.82, 2.24) is 5.06 Å². The van der Waals surface area contributed by atoms with Crippen LogP contribution in [0.2, 0.25) is 0 Å². The van der Waals surface area contributed by atoms with Crippen LogP contribution in [-0.2, 0) is 9.63 Å². The van der Waals surface area contributed by atoms with Crippen LogP contribution < -0.4 is 4.74 Å². The third-order valence-corrected chi connectivity index (χ3v) is 2.77. The van der Waals surface area contributed by atoms with Gasteiger partial charge in [-0.05, 0) is 30.7 Å². The van der Waals surface area contributed by atoms with Crippen molar-refractivity contribution in [3.63, 3.8) is 0 Å². The summed E-state index contributed by atoms with van der Waals surface area (Å²) in [5.41, 5.74) is 0. The summed E-state index contributed by atoms with van der Waals surface area (Å²) in [4.78, 5) is 16.1. The summed E-state index contributed by atoms with van der Waals surface area (Å²) >= 11 is 3.35. The maximum Gasteiger partial charge on any atom is 0.245 e. The summed E-state index contributed by atoms with van der Waals surface area (Å²) in [5.74, 6) is 0.757. The first-order valence-electron chi connectivity index (χ1n) is 5.32. The molecule has 4 nitrogen and oxygen atoms in total. The summed E-state index contributed by atoms with van der Waals surface area (Å²) < 4.78 is 6.51. The normalized spacial score (nSPS) is 10.1. The van der Waals surface area contributed by atoms with Gasteiger partial charge in [0.15, 0.2) is 0 Å². The molecule has 0 N–H and O–H groups in total. The molecule has 0 radical (unpaired) electrons. The number of benzene rings is 1. The summed E-state index contributed by atoms with van der Waals surface area (Å²) in [6, 6.07) is 7.60. The number of carbonyl (C=O) groups excluding carboxylic acids is 1. The molecule has 0 unspecified atom stereocenters. The van der Waals surface area contributed by atoms with Gasteiger partial charge in [0.2, 0.25) is 5.91 Å². The third-order valence-electron chi connectivity index (χ3n) is 2.24. The molecular formula is C12H16BrNO3. The minimum absolute atomic E-state index is 0.0492. The first-order valence-corrected chi connectivity index (χ1v) is 6.12. The summed E-state index contributed by atoms with van der Waals surface area (Å²) in [6.45, 7) is 0.519. The van der Waals surface area contributed by atoms with Crippen LogP contribution in [0.5, 0.6) is 5.75 Å². The molecule has 0 saturated carbocycles. The minimum Gasteiger partial charge on any atom is -0.494 e. The number of amides is 1. The fraction of sp³-hybridized carbons (Fsp3) is 0.417. The van der Waals surface area contributed by atoms with Crippen LogP contribution >= 0.6 is 15.9 Å². The Morgan fingerprint density at radius 1 is 1.35 bits per heavy atom. The maximum atomic E-state index is 11.4. The first kappa shape index (κ1) is 14.0. The van der Waals surface area contributed by atoms with Crippen molar-refractivity contribution in [3.8, 4) is 5.75 Å². The lowest BCUT2D eigenvalue weighted by Crippen LogP contribution is -2.25. The Morgan fingerprint density at radius 3 is 2.59 bits per heavy atom. The number of carbonyl (C=O) groups is 1. The van der Waals surface area contributed by atoms with E-state index in [1.165, 1.54) is 12.2 Å². The van der Waals surface area contributed by atoms with Gasteiger partial charge in [0.1, 0.15) is 5.75 Å². The molecule has 0 bridgehead atoms. The molecule has 0 aliphatic carbocycles. The number of ether oxygens (including phenoxy) is 1. The summed E-state index contributed by atoms with van der Waals surface area (Å²) in [6.07, 6.45) is 1.09. The Morgan fingerprint density at radius 2 is 2.00 bits per heavy atom. The van der Waals surface area contributed by atoms with Crippen molar-refractivity contribution in [2.45, 2.75) is 12.8 Å². The van der Waals surface area contributed by atoms with E-state index in [-0.39, 0.29) is 5.91 Å². The highest BCUT2D eigenvalue weighted by Gasteiger charge is 2.06. The Hall–Kier alpha value is -1.07. The van der Waals surface area contributed by atoms with Crippen LogP contribution in [0, 0.1) is 0 Å². The van der Waals surface area contributed by atoms with Gasteiger partial charge in [0.05, 0.1) is 13.7 Å². The summed E-state index contributed by atoms with van der Waals surface area (Å²) in [7, 11) is 3.06. The predicted molar refractivity (Wildman–Crippen MR) is 68.7 cm³/mol. The molecule has 5 heteroatoms. The lowest BCUT2D eigenvalue weighted by Gasteiger charge is -2.13. The molecule has 0 aliphatic heterocycles. The van der Waals surface area contributed by atoms with E-state index in [0.29, 0.717) is 19.4 Å². The molecule has 0 heterocycles. The number of hydrogen-bond donors (Lipinski definition) is 0. The lowest BCUT2D eigenvalue weighted by molar-refractivity contribution is -0.168. The molecule has 0 saturated heterocycles. The van der Waals surface area contributed by atoms with Gasteiger partial charge in [-0.25, -0.2) is 5.06 Å². The Balaban J connectivity index is 2.20. The highest BCUT2D eigenvalue weighted by Crippen LogP contribution is 2.16. The topological polar surface area (TPSA) is 38.8 Å². The molecule has 0 aliphatic rings. The fourth-order valence-electron chi connectivity index (χ4n) is 1.20. The largest absolute Gasteiger partial charge is 0.494 e. The van der Waals surface area contributed by atoms with E-state index in [1.54, 1.807) is 7.05 Å². The van der Waals surface area contributed by atoms with Crippen LogP contribution in [0.15, 0.2) is 28.7 Å². The monoisotopic (exact) mass is 301 g/mol. The number of rotatable bonds is 6. The SMILES string of the molecule is CON(C)C(=O)CCCOc1ccc(Br)cc1. The maximum absolute atomic E-state index is 11.4. The smallest absolute Gasteiger partial charge is 0.245 e. The molecule has 1 rings (SSSR count). The second-order valence-electron chi connectivity index (χ2n) is 3.48. The average molecular weight is 302 g/mol. The van der Waals surface area contributed by atoms with Crippen LogP contribution in [-0.4, -0.2) is 31.7 Å². The van der Waals surface area contributed by atoms with Crippen LogP contribution in [0.25, 0.3) is 0 Å². The molecule has 0 atom stereocenters. The molecular weight excluding hydrogens is 286 g/mol. The molecule has 17 heavy (non-hydrogen) atoms. The number of halogens is 1. The molecule has 1 aromatic rings. The predicted octanol–water partition coefficient (Wildman–Crippen LogP) is 2.63. The summed E-state index contributed by atoms with van der Waals surface area (Å²) in [5, 5.41) is 1.22. The van der Waals surface area contributed by atoms with E-state index in [9.17, 15) is 4.79 Å². The van der Waals surface area contributed by atoms with E-state index >= 15 is 0 Å². The zero-order chi connectivity index (χ0) is 12.7. The number of hydrogen-bond acceptors (Lipinski definition) is 3. The lowest BCUT2D eigenvalue weighted by atomic mass is 10.3. The van der Waals surface area contributed by atoms with Crippen molar-refractivity contribution >= 4 is 21.8 Å². The van der Waals surface area contributed by atoms with Crippen molar-refractivity contribution in [2.75, 3.05) is 20.8 Å². The minimum atomic E-state index is -0.0492. The highest BCUT2D eigenvalue weighted by molar-refractivity contribution is 9.10. The highest BCUT2D eigenvalue weighted by atomic mass is 79.9. The number of nitrogens with zero attached hydrogens (tertiary/aromatic N) is 1. The average Bonchev–Trinajstić information content (AvgIpc) is 2.35. The van der Waals surface area contributed by atoms with E-state index in [0.717, 1.165) is 10.2 Å². The van der Waals surface area contributed by atoms with Crippen LogP contribution in [0.3, 0.4) is 0 Å². The molecule has 1 amide bonds. The van der Waals surface area contributed by atoms with Gasteiger partial charge in [0.25, 0.3) is 0 Å². The Kier molecular flexibility index (Phi) is 6.00. The van der Waals surface area contributed by atoms with Crippen LogP contribution in [0.1, 0.15) is 12.8 Å². The third kappa shape index (κ3) is 5.19. The molecule has 1 aromatic carbocycles. The van der Waals surface area contributed by atoms with Crippen LogP contribution in [0.4, 0.5) is 0 Å². The van der Waals surface area contributed by atoms with E-state index in [1.807, 2.05) is 24.3 Å². The van der Waals surface area contributed by atoms with Gasteiger partial charge in [-0.1, -0.05) is 15.9 Å². The Labute approximate surface area is 110 Å². The van der Waals surface area contributed by atoms with Crippen molar-refractivity contribution in [2.24, 2.45) is 0 Å². The van der Waals surface area contributed by atoms with Gasteiger partial charge in [0, 0.05) is 17.9 Å². The van der Waals surface area contributed by atoms with Crippen molar-refractivity contribution < 1.29 is 14.4 Å². The van der Waals surface area contributed by atoms with E-state index in [4.69, 9.17) is 9.57 Å². The molecule has 0 aromatic heterocycles. The zero-order valence-corrected chi connectivity index (χ0v) is 11.6. The second-order valence-corrected chi connectivity index (χ2v) is 4.40. The molecule has 94 valence electrons. The molecule has 0 spiro atoms. The van der Waals surface area contributed by atoms with Gasteiger partial charge in [-0.3, -0.25) is 9.63 Å².